The van der Waals surface area contributed by atoms with Crippen molar-refractivity contribution in [1.29, 1.82) is 0 Å². The summed E-state index contributed by atoms with van der Waals surface area (Å²) < 4.78 is 16.6. The molecule has 3 heterocycles. The van der Waals surface area contributed by atoms with E-state index in [4.69, 9.17) is 14.2 Å². The van der Waals surface area contributed by atoms with Gasteiger partial charge in [0.15, 0.2) is 6.61 Å². The summed E-state index contributed by atoms with van der Waals surface area (Å²) in [6, 6.07) is 9.55. The molecule has 0 unspecified atom stereocenters. The number of fused-ring (bicyclic) bond motifs is 3. The van der Waals surface area contributed by atoms with Gasteiger partial charge in [0.1, 0.15) is 17.2 Å². The Labute approximate surface area is 161 Å². The number of morpholine rings is 1. The Morgan fingerprint density at radius 2 is 1.96 bits per heavy atom. The van der Waals surface area contributed by atoms with Gasteiger partial charge in [0.25, 0.3) is 5.91 Å². The Hall–Kier alpha value is -2.38. The molecular weight excluding hydrogens is 366 g/mol. The number of thiophene rings is 1. The average molecular weight is 387 g/mol. The monoisotopic (exact) mass is 387 g/mol. The highest BCUT2D eigenvalue weighted by molar-refractivity contribution is 7.17. The van der Waals surface area contributed by atoms with E-state index in [1.807, 2.05) is 38.1 Å². The number of hydrogen-bond acceptors (Lipinski definition) is 6. The van der Waals surface area contributed by atoms with Crippen molar-refractivity contribution in [2.24, 2.45) is 0 Å². The number of esters is 1. The van der Waals surface area contributed by atoms with Crippen molar-refractivity contribution >= 4 is 23.2 Å². The quantitative estimate of drug-likeness (QED) is 0.757. The minimum absolute atomic E-state index is 0.0162. The van der Waals surface area contributed by atoms with Crippen molar-refractivity contribution in [2.45, 2.75) is 32.7 Å². The lowest BCUT2D eigenvalue weighted by Gasteiger charge is -2.35. The molecular formula is C20H21NO5S. The van der Waals surface area contributed by atoms with Crippen LogP contribution in [0.25, 0.3) is 10.4 Å². The van der Waals surface area contributed by atoms with E-state index in [-0.39, 0.29) is 24.7 Å². The normalized spacial score (nSPS) is 21.0. The van der Waals surface area contributed by atoms with E-state index in [0.29, 0.717) is 24.6 Å². The van der Waals surface area contributed by atoms with E-state index in [0.717, 1.165) is 21.8 Å². The fourth-order valence-corrected chi connectivity index (χ4v) is 4.56. The third kappa shape index (κ3) is 3.70. The number of ether oxygens (including phenoxy) is 3. The molecule has 1 aromatic carbocycles. The Morgan fingerprint density at radius 1 is 1.22 bits per heavy atom. The molecule has 1 amide bonds. The second kappa shape index (κ2) is 7.32. The molecule has 1 aromatic heterocycles. The van der Waals surface area contributed by atoms with Gasteiger partial charge >= 0.3 is 5.97 Å². The molecule has 1 fully saturated rings. The summed E-state index contributed by atoms with van der Waals surface area (Å²) in [6.07, 6.45) is -0.0324. The first-order valence-electron chi connectivity index (χ1n) is 8.96. The topological polar surface area (TPSA) is 65.1 Å². The van der Waals surface area contributed by atoms with E-state index >= 15 is 0 Å². The molecule has 0 aliphatic carbocycles. The molecule has 27 heavy (non-hydrogen) atoms. The van der Waals surface area contributed by atoms with E-state index in [2.05, 4.69) is 0 Å². The van der Waals surface area contributed by atoms with Gasteiger partial charge in [-0.2, -0.15) is 0 Å². The van der Waals surface area contributed by atoms with Crippen LogP contribution in [0.2, 0.25) is 0 Å². The van der Waals surface area contributed by atoms with Gasteiger partial charge < -0.3 is 19.1 Å². The summed E-state index contributed by atoms with van der Waals surface area (Å²) in [5.41, 5.74) is 1.95. The van der Waals surface area contributed by atoms with Crippen molar-refractivity contribution < 1.29 is 23.8 Å². The Kier molecular flexibility index (Phi) is 4.88. The maximum atomic E-state index is 12.4. The first kappa shape index (κ1) is 18.0. The number of hydrogen-bond donors (Lipinski definition) is 0. The number of carbonyl (C=O) groups is 2. The van der Waals surface area contributed by atoms with Gasteiger partial charge in [0, 0.05) is 29.1 Å². The number of amides is 1. The van der Waals surface area contributed by atoms with Crippen LogP contribution in [0.4, 0.5) is 0 Å². The molecule has 6 nitrogen and oxygen atoms in total. The van der Waals surface area contributed by atoms with Crippen molar-refractivity contribution in [3.05, 3.63) is 40.8 Å². The van der Waals surface area contributed by atoms with Crippen molar-refractivity contribution in [3.63, 3.8) is 0 Å². The van der Waals surface area contributed by atoms with Gasteiger partial charge in [-0.1, -0.05) is 12.1 Å². The summed E-state index contributed by atoms with van der Waals surface area (Å²) >= 11 is 1.37. The summed E-state index contributed by atoms with van der Waals surface area (Å²) in [5, 5.41) is 0. The summed E-state index contributed by atoms with van der Waals surface area (Å²) in [7, 11) is 0. The van der Waals surface area contributed by atoms with Crippen LogP contribution in [-0.4, -0.2) is 48.7 Å². The summed E-state index contributed by atoms with van der Waals surface area (Å²) in [4.78, 5) is 28.0. The van der Waals surface area contributed by atoms with Crippen LogP contribution in [-0.2, 0) is 20.9 Å². The van der Waals surface area contributed by atoms with Crippen LogP contribution in [0.15, 0.2) is 30.3 Å². The Balaban J connectivity index is 1.41. The molecule has 7 heteroatoms. The number of carbonyl (C=O) groups excluding carboxylic acids is 2. The molecule has 0 spiro atoms. The molecule has 2 atom stereocenters. The molecule has 0 N–H and O–H groups in total. The highest BCUT2D eigenvalue weighted by atomic mass is 32.1. The van der Waals surface area contributed by atoms with Crippen LogP contribution >= 0.6 is 11.3 Å². The highest BCUT2D eigenvalue weighted by Gasteiger charge is 2.27. The third-order valence-electron chi connectivity index (χ3n) is 4.62. The molecule has 4 rings (SSSR count). The lowest BCUT2D eigenvalue weighted by molar-refractivity contribution is -0.146. The van der Waals surface area contributed by atoms with Gasteiger partial charge in [-0.15, -0.1) is 11.3 Å². The fourth-order valence-electron chi connectivity index (χ4n) is 3.47. The van der Waals surface area contributed by atoms with Crippen LogP contribution in [0.1, 0.15) is 29.1 Å². The largest absolute Gasteiger partial charge is 0.488 e. The van der Waals surface area contributed by atoms with Gasteiger partial charge in [0.2, 0.25) is 0 Å². The number of para-hydroxylation sites is 1. The van der Waals surface area contributed by atoms with Gasteiger partial charge in [-0.05, 0) is 32.0 Å². The maximum Gasteiger partial charge on any atom is 0.348 e. The Morgan fingerprint density at radius 3 is 2.74 bits per heavy atom. The van der Waals surface area contributed by atoms with E-state index in [9.17, 15) is 9.59 Å². The second-order valence-corrected chi connectivity index (χ2v) is 7.93. The van der Waals surface area contributed by atoms with Crippen molar-refractivity contribution in [2.75, 3.05) is 19.7 Å². The first-order chi connectivity index (χ1) is 13.0. The maximum absolute atomic E-state index is 12.4. The molecule has 0 radical (unpaired) electrons. The molecule has 0 saturated carbocycles. The van der Waals surface area contributed by atoms with Gasteiger partial charge in [0.05, 0.1) is 12.2 Å². The average Bonchev–Trinajstić information content (AvgIpc) is 3.10. The zero-order valence-corrected chi connectivity index (χ0v) is 16.1. The fraction of sp³-hybridized carbons (Fsp3) is 0.400. The van der Waals surface area contributed by atoms with Gasteiger partial charge in [-0.25, -0.2) is 4.79 Å². The lowest BCUT2D eigenvalue weighted by Crippen LogP contribution is -2.49. The highest BCUT2D eigenvalue weighted by Crippen LogP contribution is 2.42. The van der Waals surface area contributed by atoms with E-state index in [1.54, 1.807) is 11.0 Å². The van der Waals surface area contributed by atoms with Gasteiger partial charge in [-0.3, -0.25) is 4.79 Å². The van der Waals surface area contributed by atoms with Crippen LogP contribution in [0.3, 0.4) is 0 Å². The zero-order valence-electron chi connectivity index (χ0n) is 15.3. The molecule has 1 saturated heterocycles. The SMILES string of the molecule is C[C@@H]1CN(C(=O)COC(=O)c2cc3c(s2)-c2ccccc2OC3)C[C@@H](C)O1. The minimum Gasteiger partial charge on any atom is -0.488 e. The predicted octanol–water partition coefficient (Wildman–Crippen LogP) is 3.10. The molecule has 2 aliphatic rings. The minimum atomic E-state index is -0.477. The zero-order chi connectivity index (χ0) is 19.0. The molecule has 2 aromatic rings. The van der Waals surface area contributed by atoms with Crippen LogP contribution < -0.4 is 4.74 Å². The molecule has 2 aliphatic heterocycles. The number of nitrogens with zero attached hydrogens (tertiary/aromatic N) is 1. The van der Waals surface area contributed by atoms with E-state index < -0.39 is 5.97 Å². The van der Waals surface area contributed by atoms with Crippen LogP contribution in [0, 0.1) is 0 Å². The lowest BCUT2D eigenvalue weighted by atomic mass is 10.1. The molecule has 0 bridgehead atoms. The summed E-state index contributed by atoms with van der Waals surface area (Å²) in [6.45, 7) is 5.06. The van der Waals surface area contributed by atoms with E-state index in [1.165, 1.54) is 11.3 Å². The number of rotatable bonds is 3. The van der Waals surface area contributed by atoms with Crippen molar-refractivity contribution in [1.82, 2.24) is 4.90 Å². The Bertz CT molecular complexity index is 867. The predicted molar refractivity (Wildman–Crippen MR) is 101 cm³/mol. The standard InChI is InChI=1S/C20H21NO5S/c1-12-8-21(9-13(2)26-12)18(22)11-25-20(23)17-7-14-10-24-16-6-4-3-5-15(16)19(14)27-17/h3-7,12-13H,8-11H2,1-2H3/t12-,13-/m1/s1. The first-order valence-corrected chi connectivity index (χ1v) is 9.78. The second-order valence-electron chi connectivity index (χ2n) is 6.88. The molecule has 142 valence electrons. The van der Waals surface area contributed by atoms with Crippen LogP contribution in [0.5, 0.6) is 5.75 Å². The number of benzene rings is 1. The third-order valence-corrected chi connectivity index (χ3v) is 5.81. The van der Waals surface area contributed by atoms with Crippen molar-refractivity contribution in [3.8, 4) is 16.2 Å². The summed E-state index contributed by atoms with van der Waals surface area (Å²) in [5.74, 6) is 0.146. The smallest absolute Gasteiger partial charge is 0.348 e.